The van der Waals surface area contributed by atoms with Gasteiger partial charge in [-0.15, -0.1) is 11.3 Å². The fourth-order valence-electron chi connectivity index (χ4n) is 3.26. The predicted octanol–water partition coefficient (Wildman–Crippen LogP) is 10.4. The van der Waals surface area contributed by atoms with Gasteiger partial charge in [0.05, 0.1) is 5.51 Å². The molecular weight excluding hydrogens is 435 g/mol. The molecule has 3 heterocycles. The van der Waals surface area contributed by atoms with Gasteiger partial charge in [-0.05, 0) is 70.5 Å². The second-order valence-electron chi connectivity index (χ2n) is 7.97. The molecule has 0 N–H and O–H groups in total. The van der Waals surface area contributed by atoms with Gasteiger partial charge in [0.15, 0.2) is 0 Å². The first kappa shape index (κ1) is 28.1. The van der Waals surface area contributed by atoms with E-state index in [9.17, 15) is 0 Å². The van der Waals surface area contributed by atoms with Crippen molar-refractivity contribution in [2.75, 3.05) is 0 Å². The van der Waals surface area contributed by atoms with E-state index in [1.165, 1.54) is 101 Å². The molecule has 0 spiro atoms. The predicted molar refractivity (Wildman–Crippen MR) is 145 cm³/mol. The van der Waals surface area contributed by atoms with Crippen LogP contribution in [-0.2, 0) is 12.8 Å². The van der Waals surface area contributed by atoms with Crippen LogP contribution in [0, 0.1) is 0 Å². The number of hydrogen-bond donors (Lipinski definition) is 0. The molecule has 31 heavy (non-hydrogen) atoms. The van der Waals surface area contributed by atoms with Crippen LogP contribution in [0.3, 0.4) is 0 Å². The van der Waals surface area contributed by atoms with E-state index in [1.54, 1.807) is 23.0 Å². The first-order valence-electron chi connectivity index (χ1n) is 12.2. The number of aryl methyl sites for hydroxylation is 2. The molecule has 0 saturated carbocycles. The summed E-state index contributed by atoms with van der Waals surface area (Å²) in [5, 5.41) is 10.8. The van der Waals surface area contributed by atoms with Gasteiger partial charge >= 0.3 is 0 Å². The maximum absolute atomic E-state index is 3.74. The van der Waals surface area contributed by atoms with E-state index < -0.39 is 0 Å². The normalized spacial score (nSPS) is 10.1. The lowest BCUT2D eigenvalue weighted by atomic mass is 10.1. The van der Waals surface area contributed by atoms with Crippen LogP contribution in [0.5, 0.6) is 0 Å². The zero-order chi connectivity index (χ0) is 22.2. The van der Waals surface area contributed by atoms with Gasteiger partial charge in [0, 0.05) is 11.6 Å². The Labute approximate surface area is 204 Å². The molecule has 0 saturated heterocycles. The summed E-state index contributed by atoms with van der Waals surface area (Å²) in [5.41, 5.74) is 4.85. The van der Waals surface area contributed by atoms with Crippen molar-refractivity contribution < 1.29 is 0 Å². The molecule has 0 atom stereocenters. The zero-order valence-corrected chi connectivity index (χ0v) is 22.2. The summed E-state index contributed by atoms with van der Waals surface area (Å²) in [7, 11) is 0. The fraction of sp³-hybridized carbons (Fsp3) is 0.593. The Morgan fingerprint density at radius 1 is 0.581 bits per heavy atom. The minimum Gasteiger partial charge on any atom is -0.253 e. The minimum atomic E-state index is 1.29. The van der Waals surface area contributed by atoms with Gasteiger partial charge < -0.3 is 0 Å². The van der Waals surface area contributed by atoms with E-state index in [1.807, 2.05) is 28.1 Å². The van der Waals surface area contributed by atoms with E-state index in [2.05, 4.69) is 52.5 Å². The van der Waals surface area contributed by atoms with Crippen molar-refractivity contribution in [2.24, 2.45) is 0 Å². The molecule has 0 unspecified atom stereocenters. The van der Waals surface area contributed by atoms with Crippen LogP contribution >= 0.6 is 34.0 Å². The molecule has 0 aromatic carbocycles. The van der Waals surface area contributed by atoms with Crippen LogP contribution in [0.25, 0.3) is 0 Å². The number of rotatable bonds is 14. The maximum atomic E-state index is 3.74. The molecule has 0 amide bonds. The molecule has 3 aromatic rings. The van der Waals surface area contributed by atoms with E-state index in [0.717, 1.165) is 0 Å². The monoisotopic (exact) mass is 477 g/mol. The first-order chi connectivity index (χ1) is 15.4. The van der Waals surface area contributed by atoms with Crippen LogP contribution < -0.4 is 0 Å². The summed E-state index contributed by atoms with van der Waals surface area (Å²) in [6.07, 6.45) is 21.2. The van der Waals surface area contributed by atoms with Crippen molar-refractivity contribution in [3.63, 3.8) is 0 Å². The topological polar surface area (TPSA) is 12.9 Å². The maximum Gasteiger partial charge on any atom is 0.0791 e. The van der Waals surface area contributed by atoms with E-state index in [4.69, 9.17) is 0 Å². The van der Waals surface area contributed by atoms with Crippen molar-refractivity contribution in [1.29, 1.82) is 0 Å². The Bertz CT molecular complexity index is 581. The van der Waals surface area contributed by atoms with Crippen molar-refractivity contribution in [1.82, 2.24) is 4.98 Å². The number of nitrogens with zero attached hydrogens (tertiary/aromatic N) is 1. The standard InChI is InChI=1S/2C12H20S.C3H3NS/c2*1-2-3-4-5-6-7-8-12-9-10-13-11-12;1-2-5-3-4-1/h2*9-11H,2-8H2,1H3;1-3H. The summed E-state index contributed by atoms with van der Waals surface area (Å²) in [6.45, 7) is 4.54. The lowest BCUT2D eigenvalue weighted by molar-refractivity contribution is 0.608. The largest absolute Gasteiger partial charge is 0.253 e. The van der Waals surface area contributed by atoms with E-state index in [-0.39, 0.29) is 0 Å². The Balaban J connectivity index is 0.000000254. The number of aromatic nitrogens is 1. The van der Waals surface area contributed by atoms with Crippen molar-refractivity contribution >= 4 is 34.0 Å². The Morgan fingerprint density at radius 2 is 1.06 bits per heavy atom. The third-order valence-corrected chi connectivity index (χ3v) is 7.13. The van der Waals surface area contributed by atoms with Gasteiger partial charge in [0.2, 0.25) is 0 Å². The molecule has 0 aliphatic rings. The molecule has 0 radical (unpaired) electrons. The highest BCUT2D eigenvalue weighted by Crippen LogP contribution is 2.13. The molecule has 0 aliphatic heterocycles. The number of hydrogen-bond acceptors (Lipinski definition) is 4. The quantitative estimate of drug-likeness (QED) is 0.210. The van der Waals surface area contributed by atoms with Gasteiger partial charge in [-0.2, -0.15) is 22.7 Å². The second kappa shape index (κ2) is 22.2. The molecule has 0 fully saturated rings. The molecule has 0 bridgehead atoms. The zero-order valence-electron chi connectivity index (χ0n) is 19.8. The van der Waals surface area contributed by atoms with Crippen LogP contribution in [0.2, 0.25) is 0 Å². The number of thiophene rings is 2. The minimum absolute atomic E-state index is 1.29. The number of unbranched alkanes of at least 4 members (excludes halogenated alkanes) is 10. The molecule has 1 nitrogen and oxygen atoms in total. The molecule has 4 heteroatoms. The number of thiazole rings is 1. The average Bonchev–Trinajstić information content (AvgIpc) is 3.59. The second-order valence-corrected chi connectivity index (χ2v) is 10.3. The first-order valence-corrected chi connectivity index (χ1v) is 15.0. The van der Waals surface area contributed by atoms with Crippen LogP contribution in [-0.4, -0.2) is 4.98 Å². The molecule has 0 aliphatic carbocycles. The third-order valence-electron chi connectivity index (χ3n) is 5.15. The van der Waals surface area contributed by atoms with Crippen LogP contribution in [0.15, 0.2) is 50.7 Å². The van der Waals surface area contributed by atoms with Gasteiger partial charge in [0.1, 0.15) is 0 Å². The van der Waals surface area contributed by atoms with Gasteiger partial charge in [-0.25, -0.2) is 0 Å². The highest BCUT2D eigenvalue weighted by Gasteiger charge is 1.94. The Kier molecular flexibility index (Phi) is 20.1. The van der Waals surface area contributed by atoms with Gasteiger partial charge in [-0.3, -0.25) is 4.98 Å². The van der Waals surface area contributed by atoms with Gasteiger partial charge in [-0.1, -0.05) is 78.1 Å². The third kappa shape index (κ3) is 18.3. The Hall–Kier alpha value is -0.970. The van der Waals surface area contributed by atoms with Crippen molar-refractivity contribution in [3.05, 3.63) is 61.9 Å². The molecule has 3 aromatic heterocycles. The summed E-state index contributed by atoms with van der Waals surface area (Å²) in [4.78, 5) is 3.74. The Morgan fingerprint density at radius 3 is 1.39 bits per heavy atom. The van der Waals surface area contributed by atoms with E-state index >= 15 is 0 Å². The highest BCUT2D eigenvalue weighted by atomic mass is 32.1. The summed E-state index contributed by atoms with van der Waals surface area (Å²) < 4.78 is 0. The summed E-state index contributed by atoms with van der Waals surface area (Å²) in [5.74, 6) is 0. The van der Waals surface area contributed by atoms with E-state index in [0.29, 0.717) is 0 Å². The molecular formula is C27H43NS3. The molecule has 174 valence electrons. The van der Waals surface area contributed by atoms with Gasteiger partial charge in [0.25, 0.3) is 0 Å². The SMILES string of the molecule is CCCCCCCCc1ccsc1.CCCCCCCCc1ccsc1.c1cscn1. The fourth-order valence-corrected chi connectivity index (χ4v) is 5.02. The lowest BCUT2D eigenvalue weighted by Crippen LogP contribution is -1.83. The molecule has 3 rings (SSSR count). The van der Waals surface area contributed by atoms with Crippen molar-refractivity contribution in [3.8, 4) is 0 Å². The van der Waals surface area contributed by atoms with Crippen LogP contribution in [0.4, 0.5) is 0 Å². The lowest BCUT2D eigenvalue weighted by Gasteiger charge is -1.99. The smallest absolute Gasteiger partial charge is 0.0791 e. The summed E-state index contributed by atoms with van der Waals surface area (Å²) in [6, 6.07) is 4.49. The summed E-state index contributed by atoms with van der Waals surface area (Å²) >= 11 is 5.22. The van der Waals surface area contributed by atoms with Crippen molar-refractivity contribution in [2.45, 2.75) is 104 Å². The van der Waals surface area contributed by atoms with Crippen LogP contribution in [0.1, 0.15) is 102 Å². The highest BCUT2D eigenvalue weighted by molar-refractivity contribution is 7.08. The average molecular weight is 478 g/mol.